The van der Waals surface area contributed by atoms with E-state index in [1.165, 1.54) is 140 Å². The van der Waals surface area contributed by atoms with Crippen molar-refractivity contribution in [2.24, 2.45) is 0 Å². The van der Waals surface area contributed by atoms with Crippen molar-refractivity contribution < 1.29 is 18.5 Å². The van der Waals surface area contributed by atoms with Crippen LogP contribution in [0.5, 0.6) is 11.5 Å². The Morgan fingerprint density at radius 2 is 0.738 bits per heavy atom. The summed E-state index contributed by atoms with van der Waals surface area (Å²) in [5.41, 5.74) is 2.45. The second-order valence-corrected chi connectivity index (χ2v) is 13.1. The van der Waals surface area contributed by atoms with Gasteiger partial charge in [-0.2, -0.15) is 0 Å². The summed E-state index contributed by atoms with van der Waals surface area (Å²) in [7, 11) is -4.26. The van der Waals surface area contributed by atoms with Gasteiger partial charge in [-0.1, -0.05) is 154 Å². The molecule has 0 spiro atoms. The first-order valence-corrected chi connectivity index (χ1v) is 18.4. The molecule has 2 rings (SSSR count). The minimum atomic E-state index is -4.26. The summed E-state index contributed by atoms with van der Waals surface area (Å²) >= 11 is 0. The lowest BCUT2D eigenvalue weighted by atomic mass is 10.0. The van der Waals surface area contributed by atoms with E-state index in [1.807, 2.05) is 24.3 Å². The maximum Gasteiger partial charge on any atom is 0.584 e. The first-order chi connectivity index (χ1) is 20.0. The molecule has 0 aliphatic carbocycles. The van der Waals surface area contributed by atoms with Crippen molar-refractivity contribution >= 4 is 25.2 Å². The van der Waals surface area contributed by atoms with Crippen LogP contribution in [0.3, 0.4) is 0 Å². The maximum atomic E-state index is 12.6. The summed E-state index contributed by atoms with van der Waals surface area (Å²) in [5.74, 6) is 0.695. The molecule has 238 valence electrons. The minimum absolute atomic E-state index is 0. The van der Waals surface area contributed by atoms with Gasteiger partial charge in [0.25, 0.3) is 0 Å². The van der Waals surface area contributed by atoms with Crippen LogP contribution in [0.4, 0.5) is 0 Å². The third kappa shape index (κ3) is 19.9. The zero-order valence-electron chi connectivity index (χ0n) is 26.3. The van der Waals surface area contributed by atoms with Crippen LogP contribution in [0.1, 0.15) is 153 Å². The Balaban J connectivity index is 0.00000882. The summed E-state index contributed by atoms with van der Waals surface area (Å²) in [6.07, 6.45) is 28.6. The van der Waals surface area contributed by atoms with Crippen LogP contribution in [0.25, 0.3) is 0 Å². The highest BCUT2D eigenvalue weighted by Gasteiger charge is 2.25. The minimum Gasteiger partial charge on any atom is -0.395 e. The van der Waals surface area contributed by atoms with Gasteiger partial charge in [0.2, 0.25) is 0 Å². The molecule has 2 aromatic carbocycles. The maximum absolute atomic E-state index is 12.6. The summed E-state index contributed by atoms with van der Waals surface area (Å²) in [6, 6.07) is 14.9. The molecule has 42 heavy (non-hydrogen) atoms. The number of aryl methyl sites for hydroxylation is 2. The third-order valence-electron chi connectivity index (χ3n) is 7.93. The third-order valence-corrected chi connectivity index (χ3v) is 8.81. The first-order valence-electron chi connectivity index (χ1n) is 16.9. The van der Waals surface area contributed by atoms with Gasteiger partial charge >= 0.3 is 7.82 Å². The summed E-state index contributed by atoms with van der Waals surface area (Å²) in [5, 5.41) is 0. The summed E-state index contributed by atoms with van der Waals surface area (Å²) in [6.45, 7) is 4.53. The van der Waals surface area contributed by atoms with Crippen LogP contribution in [-0.2, 0) is 17.4 Å². The van der Waals surface area contributed by atoms with Crippen LogP contribution in [0.15, 0.2) is 48.5 Å². The van der Waals surface area contributed by atoms with E-state index in [1.54, 1.807) is 24.3 Å². The van der Waals surface area contributed by atoms with E-state index < -0.39 is 7.82 Å². The number of phosphoric ester groups is 1. The predicted molar refractivity (Wildman–Crippen MR) is 185 cm³/mol. The zero-order chi connectivity index (χ0) is 29.4. The lowest BCUT2D eigenvalue weighted by Gasteiger charge is -2.14. The molecule has 0 fully saturated rings. The second-order valence-electron chi connectivity index (χ2n) is 11.8. The molecule has 0 heterocycles. The molecule has 0 aromatic heterocycles. The topological polar surface area (TPSA) is 55.8 Å². The monoisotopic (exact) mass is 616 g/mol. The molecule has 0 amide bonds. The van der Waals surface area contributed by atoms with Crippen LogP contribution >= 0.6 is 7.82 Å². The number of unbranched alkanes of at least 4 members (excludes halogenated alkanes) is 18. The van der Waals surface area contributed by atoms with Crippen molar-refractivity contribution in [1.29, 1.82) is 0 Å². The Bertz CT molecular complexity index is 859. The van der Waals surface area contributed by atoms with Gasteiger partial charge in [-0.05, 0) is 61.1 Å². The molecule has 0 aliphatic rings. The van der Waals surface area contributed by atoms with Crippen molar-refractivity contribution in [2.75, 3.05) is 0 Å². The number of phosphoric acid groups is 1. The van der Waals surface area contributed by atoms with Gasteiger partial charge in [0.1, 0.15) is 11.5 Å². The zero-order valence-corrected chi connectivity index (χ0v) is 27.2. The fourth-order valence-electron chi connectivity index (χ4n) is 5.35. The molecule has 2 aromatic rings. The molecule has 0 saturated carbocycles. The Morgan fingerprint density at radius 1 is 0.476 bits per heavy atom. The molecule has 0 aliphatic heterocycles. The van der Waals surface area contributed by atoms with E-state index in [4.69, 9.17) is 9.05 Å². The quantitative estimate of drug-likeness (QED) is 0.0649. The SMILES string of the molecule is CCCCCCCCCCCCc1ccc(OP(=O)(O)Oc2ccc(CCCCCCCCCCCC)cc2)cc1.[AlH3]. The van der Waals surface area contributed by atoms with Gasteiger partial charge in [-0.3, -0.25) is 4.89 Å². The molecule has 0 radical (unpaired) electrons. The number of rotatable bonds is 26. The average molecular weight is 617 g/mol. The van der Waals surface area contributed by atoms with Crippen LogP contribution in [-0.4, -0.2) is 22.3 Å². The first kappa shape index (κ1) is 38.8. The lowest BCUT2D eigenvalue weighted by Crippen LogP contribution is -2.00. The van der Waals surface area contributed by atoms with E-state index in [0.29, 0.717) is 11.5 Å². The van der Waals surface area contributed by atoms with Crippen molar-refractivity contribution in [1.82, 2.24) is 0 Å². The molecular weight excluding hydrogens is 554 g/mol. The molecule has 6 heteroatoms. The second kappa shape index (κ2) is 25.1. The van der Waals surface area contributed by atoms with Gasteiger partial charge in [-0.25, -0.2) is 4.57 Å². The number of benzene rings is 2. The smallest absolute Gasteiger partial charge is 0.395 e. The average Bonchev–Trinajstić information content (AvgIpc) is 2.96. The van der Waals surface area contributed by atoms with Crippen molar-refractivity contribution in [3.63, 3.8) is 0 Å². The molecule has 1 N–H and O–H groups in total. The molecule has 0 unspecified atom stereocenters. The van der Waals surface area contributed by atoms with Crippen molar-refractivity contribution in [2.45, 2.75) is 155 Å². The van der Waals surface area contributed by atoms with Crippen LogP contribution in [0.2, 0.25) is 0 Å². The highest BCUT2D eigenvalue weighted by atomic mass is 31.2. The van der Waals surface area contributed by atoms with E-state index in [9.17, 15) is 9.46 Å². The van der Waals surface area contributed by atoms with Gasteiger partial charge in [0, 0.05) is 0 Å². The highest BCUT2D eigenvalue weighted by Crippen LogP contribution is 2.44. The normalized spacial score (nSPS) is 11.3. The Labute approximate surface area is 269 Å². The molecule has 0 saturated heterocycles. The Morgan fingerprint density at radius 3 is 1.02 bits per heavy atom. The molecule has 0 atom stereocenters. The standard InChI is InChI=1S/C36H59O4P.Al.3H/c1-3-5-7-9-11-13-15-17-19-21-23-33-25-29-35(30-26-33)39-41(37,38)40-36-31-27-34(28-32-36)24-22-20-18-16-14-12-10-8-6-4-2;;;;/h25-32H,3-24H2,1-2H3,(H,37,38);;;;. The van der Waals surface area contributed by atoms with Crippen molar-refractivity contribution in [3.05, 3.63) is 59.7 Å². The number of hydrogen-bond acceptors (Lipinski definition) is 3. The van der Waals surface area contributed by atoms with E-state index >= 15 is 0 Å². The molecule has 4 nitrogen and oxygen atoms in total. The molecular formula is C36H62AlO4P. The summed E-state index contributed by atoms with van der Waals surface area (Å²) < 4.78 is 23.2. The fraction of sp³-hybridized carbons (Fsp3) is 0.667. The fourth-order valence-corrected chi connectivity index (χ4v) is 6.17. The van der Waals surface area contributed by atoms with Gasteiger partial charge < -0.3 is 9.05 Å². The van der Waals surface area contributed by atoms with E-state index in [-0.39, 0.29) is 17.4 Å². The molecule has 0 bridgehead atoms. The largest absolute Gasteiger partial charge is 0.584 e. The van der Waals surface area contributed by atoms with Crippen LogP contribution < -0.4 is 9.05 Å². The Kier molecular flexibility index (Phi) is 23.2. The number of hydrogen-bond donors (Lipinski definition) is 1. The van der Waals surface area contributed by atoms with Crippen LogP contribution in [0, 0.1) is 0 Å². The van der Waals surface area contributed by atoms with E-state index in [0.717, 1.165) is 12.8 Å². The summed E-state index contributed by atoms with van der Waals surface area (Å²) in [4.78, 5) is 10.3. The van der Waals surface area contributed by atoms with Gasteiger partial charge in [-0.15, -0.1) is 0 Å². The van der Waals surface area contributed by atoms with E-state index in [2.05, 4.69) is 13.8 Å². The predicted octanol–water partition coefficient (Wildman–Crippen LogP) is 11.0. The highest BCUT2D eigenvalue weighted by molar-refractivity contribution is 7.48. The van der Waals surface area contributed by atoms with Crippen molar-refractivity contribution in [3.8, 4) is 11.5 Å². The van der Waals surface area contributed by atoms with Gasteiger partial charge in [0.15, 0.2) is 17.4 Å². The Hall–Kier alpha value is -1.24. The lowest BCUT2D eigenvalue weighted by molar-refractivity contribution is 0.291. The van der Waals surface area contributed by atoms with Gasteiger partial charge in [0.05, 0.1) is 0 Å².